The zero-order chi connectivity index (χ0) is 18.3. The number of aliphatic hydroxyl groups excluding tert-OH is 1. The van der Waals surface area contributed by atoms with Crippen molar-refractivity contribution < 1.29 is 42.0 Å². The van der Waals surface area contributed by atoms with Crippen molar-refractivity contribution in [3.8, 4) is 0 Å². The molecule has 1 saturated heterocycles. The van der Waals surface area contributed by atoms with Gasteiger partial charge in [0.2, 0.25) is 5.60 Å². The zero-order valence-electron chi connectivity index (χ0n) is 11.5. The maximum Gasteiger partial charge on any atom is 0.424 e. The van der Waals surface area contributed by atoms with Gasteiger partial charge in [-0.2, -0.15) is 13.2 Å². The van der Waals surface area contributed by atoms with Crippen LogP contribution in [-0.4, -0.2) is 50.3 Å². The van der Waals surface area contributed by atoms with Crippen molar-refractivity contribution in [1.82, 2.24) is 9.55 Å². The summed E-state index contributed by atoms with van der Waals surface area (Å²) in [5, 5.41) is 19.7. The van der Waals surface area contributed by atoms with Crippen LogP contribution in [0.15, 0.2) is 21.9 Å². The van der Waals surface area contributed by atoms with Crippen molar-refractivity contribution >= 4 is 7.68 Å². The molecular formula is C10H10F3N2O8P. The van der Waals surface area contributed by atoms with E-state index in [1.165, 1.54) is 0 Å². The van der Waals surface area contributed by atoms with Crippen molar-refractivity contribution in [1.29, 1.82) is 0 Å². The predicted molar refractivity (Wildman–Crippen MR) is 66.5 cm³/mol. The summed E-state index contributed by atoms with van der Waals surface area (Å²) in [6, 6.07) is 0.691. The van der Waals surface area contributed by atoms with Gasteiger partial charge in [-0.1, -0.05) is 0 Å². The van der Waals surface area contributed by atoms with Crippen LogP contribution in [0.5, 0.6) is 0 Å². The van der Waals surface area contributed by atoms with Crippen LogP contribution in [0, 0.1) is 0 Å². The van der Waals surface area contributed by atoms with Crippen LogP contribution >= 0.6 is 7.68 Å². The van der Waals surface area contributed by atoms with Crippen LogP contribution in [0.4, 0.5) is 13.2 Å². The molecule has 10 nitrogen and oxygen atoms in total. The highest BCUT2D eigenvalue weighted by Crippen LogP contribution is 2.48. The third-order valence-electron chi connectivity index (χ3n) is 3.25. The van der Waals surface area contributed by atoms with Crippen LogP contribution < -0.4 is 11.2 Å². The van der Waals surface area contributed by atoms with Gasteiger partial charge in [-0.15, -0.1) is 0 Å². The quantitative estimate of drug-likeness (QED) is 0.580. The van der Waals surface area contributed by atoms with Gasteiger partial charge in [0.25, 0.3) is 5.56 Å². The number of halogens is 3. The maximum absolute atomic E-state index is 13.3. The highest BCUT2D eigenvalue weighted by Gasteiger charge is 2.71. The van der Waals surface area contributed by atoms with Crippen molar-refractivity contribution in [3.63, 3.8) is 0 Å². The molecule has 24 heavy (non-hydrogen) atoms. The van der Waals surface area contributed by atoms with Gasteiger partial charge in [0, 0.05) is 12.3 Å². The fourth-order valence-electron chi connectivity index (χ4n) is 2.12. The zero-order valence-corrected chi connectivity index (χ0v) is 12.4. The minimum absolute atomic E-state index is 0.193. The number of aliphatic hydroxyl groups is 2. The molecule has 0 spiro atoms. The second-order valence-electron chi connectivity index (χ2n) is 4.77. The van der Waals surface area contributed by atoms with Gasteiger partial charge in [-0.25, -0.2) is 13.9 Å². The number of hydrogen-bond donors (Lipinski definition) is 3. The second-order valence-corrected chi connectivity index (χ2v) is 5.69. The van der Waals surface area contributed by atoms with E-state index in [0.29, 0.717) is 12.3 Å². The van der Waals surface area contributed by atoms with Gasteiger partial charge in [-0.3, -0.25) is 14.3 Å². The molecule has 4 atom stereocenters. The molecule has 3 N–H and O–H groups in total. The fourth-order valence-corrected chi connectivity index (χ4v) is 2.39. The third kappa shape index (κ3) is 3.08. The smallest absolute Gasteiger partial charge is 0.384 e. The monoisotopic (exact) mass is 374 g/mol. The van der Waals surface area contributed by atoms with Gasteiger partial charge >= 0.3 is 19.5 Å². The van der Waals surface area contributed by atoms with Gasteiger partial charge in [0.05, 0.1) is 0 Å². The maximum atomic E-state index is 13.3. The molecule has 0 aliphatic carbocycles. The first kappa shape index (κ1) is 18.5. The summed E-state index contributed by atoms with van der Waals surface area (Å²) in [5.41, 5.74) is -6.26. The van der Waals surface area contributed by atoms with Gasteiger partial charge < -0.3 is 19.7 Å². The van der Waals surface area contributed by atoms with E-state index in [4.69, 9.17) is 4.74 Å². The molecule has 0 radical (unpaired) electrons. The molecule has 1 aromatic rings. The summed E-state index contributed by atoms with van der Waals surface area (Å²) >= 11 is 0. The number of nitrogens with zero attached hydrogens (tertiary/aromatic N) is 1. The van der Waals surface area contributed by atoms with Crippen molar-refractivity contribution in [2.75, 3.05) is 6.35 Å². The minimum atomic E-state index is -5.48. The summed E-state index contributed by atoms with van der Waals surface area (Å²) in [6.45, 7) is 0. The lowest BCUT2D eigenvalue weighted by molar-refractivity contribution is -0.304. The topological polar surface area (TPSA) is 148 Å². The molecule has 1 fully saturated rings. The van der Waals surface area contributed by atoms with Crippen LogP contribution in [-0.2, 0) is 18.6 Å². The first-order valence-corrected chi connectivity index (χ1v) is 7.52. The lowest BCUT2D eigenvalue weighted by Crippen LogP contribution is -2.58. The van der Waals surface area contributed by atoms with E-state index in [9.17, 15) is 42.1 Å². The molecule has 0 unspecified atom stereocenters. The molecule has 1 aromatic heterocycles. The average molecular weight is 374 g/mol. The standard InChI is InChI=1S/C10H10F3N2O8P/c11-10(12,13)9(19)5(17)6(22-3-24(20)21)23-7(9)15-2-1-4(16)14-8(15)18/h1-2,5-7,17,19H,3H2,(H,14,16,18)/t5-,6+,7-,9-/m1/s1. The Morgan fingerprint density at radius 1 is 1.42 bits per heavy atom. The summed E-state index contributed by atoms with van der Waals surface area (Å²) in [6.07, 6.45) is -13.4. The van der Waals surface area contributed by atoms with Crippen LogP contribution in [0.1, 0.15) is 6.23 Å². The number of ether oxygens (including phenoxy) is 2. The second kappa shape index (κ2) is 6.26. The van der Waals surface area contributed by atoms with Gasteiger partial charge in [-0.05, 0) is 0 Å². The molecule has 0 aromatic carbocycles. The lowest BCUT2D eigenvalue weighted by Gasteiger charge is -2.32. The molecule has 1 aliphatic heterocycles. The number of alkyl halides is 3. The first-order chi connectivity index (χ1) is 11.0. The average Bonchev–Trinajstić information content (AvgIpc) is 2.70. The predicted octanol–water partition coefficient (Wildman–Crippen LogP) is -0.807. The van der Waals surface area contributed by atoms with E-state index in [-0.39, 0.29) is 4.57 Å². The molecule has 0 amide bonds. The number of aromatic amines is 1. The third-order valence-corrected chi connectivity index (χ3v) is 3.61. The largest absolute Gasteiger partial charge is 0.424 e. The Morgan fingerprint density at radius 3 is 2.54 bits per heavy atom. The molecule has 14 heteroatoms. The Balaban J connectivity index is 2.50. The number of nitrogens with one attached hydrogen (secondary N) is 1. The normalized spacial score (nSPS) is 30.5. The molecule has 2 heterocycles. The summed E-state index contributed by atoms with van der Waals surface area (Å²) < 4.78 is 70.1. The van der Waals surface area contributed by atoms with Crippen LogP contribution in [0.25, 0.3) is 0 Å². The fraction of sp³-hybridized carbons (Fsp3) is 0.600. The van der Waals surface area contributed by atoms with Gasteiger partial charge in [0.15, 0.2) is 18.9 Å². The number of aromatic nitrogens is 2. The minimum Gasteiger partial charge on any atom is -0.384 e. The van der Waals surface area contributed by atoms with Crippen LogP contribution in [0.2, 0.25) is 0 Å². The van der Waals surface area contributed by atoms with Crippen LogP contribution in [0.3, 0.4) is 0 Å². The Labute approximate surface area is 130 Å². The summed E-state index contributed by atoms with van der Waals surface area (Å²) in [4.78, 5) is 24.3. The lowest BCUT2D eigenvalue weighted by atomic mass is 9.95. The number of hydrogen-bond acceptors (Lipinski definition) is 8. The van der Waals surface area contributed by atoms with Crippen molar-refractivity contribution in [2.45, 2.75) is 30.4 Å². The number of H-pyrrole nitrogens is 1. The van der Waals surface area contributed by atoms with E-state index in [2.05, 4.69) is 4.74 Å². The summed E-state index contributed by atoms with van der Waals surface area (Å²) in [5.74, 6) is 0. The number of rotatable bonds is 4. The highest BCUT2D eigenvalue weighted by molar-refractivity contribution is 7.30. The molecule has 0 saturated carbocycles. The Hall–Kier alpha value is -1.79. The van der Waals surface area contributed by atoms with Crippen molar-refractivity contribution in [2.24, 2.45) is 0 Å². The Kier molecular flexibility index (Phi) is 4.84. The molecule has 0 bridgehead atoms. The molecular weight excluding hydrogens is 364 g/mol. The van der Waals surface area contributed by atoms with E-state index < -0.39 is 55.7 Å². The Bertz CT molecular complexity index is 794. The van der Waals surface area contributed by atoms with E-state index in [0.717, 1.165) is 0 Å². The van der Waals surface area contributed by atoms with E-state index in [1.807, 2.05) is 0 Å². The molecule has 1 aliphatic rings. The first-order valence-electron chi connectivity index (χ1n) is 6.16. The van der Waals surface area contributed by atoms with Crippen molar-refractivity contribution in [3.05, 3.63) is 33.1 Å². The highest BCUT2D eigenvalue weighted by atomic mass is 31.1. The van der Waals surface area contributed by atoms with E-state index >= 15 is 0 Å². The molecule has 2 rings (SSSR count). The van der Waals surface area contributed by atoms with E-state index in [1.54, 1.807) is 4.98 Å². The molecule has 134 valence electrons. The Morgan fingerprint density at radius 2 is 2.04 bits per heavy atom. The summed E-state index contributed by atoms with van der Waals surface area (Å²) in [7, 11) is -3.17. The van der Waals surface area contributed by atoms with Gasteiger partial charge in [0.1, 0.15) is 6.10 Å². The SMILES string of the molecule is O=c1ccn([C@@H]2O[C@H](OCP(=O)=O)[C@@H](O)[C@]2(O)C(F)(F)F)c(=O)[nH]1.